The van der Waals surface area contributed by atoms with E-state index in [0.717, 1.165) is 31.2 Å². The molecule has 0 spiro atoms. The topological polar surface area (TPSA) is 89.5 Å². The van der Waals surface area contributed by atoms with Gasteiger partial charge in [-0.2, -0.15) is 4.72 Å². The highest BCUT2D eigenvalue weighted by Gasteiger charge is 2.19. The third-order valence-electron chi connectivity index (χ3n) is 5.07. The van der Waals surface area contributed by atoms with E-state index in [2.05, 4.69) is 4.72 Å². The van der Waals surface area contributed by atoms with Crippen molar-refractivity contribution in [1.29, 1.82) is 0 Å². The van der Waals surface area contributed by atoms with Crippen molar-refractivity contribution in [2.75, 3.05) is 13.2 Å². The molecule has 0 radical (unpaired) electrons. The first-order valence-electron chi connectivity index (χ1n) is 9.64. The van der Waals surface area contributed by atoms with Crippen molar-refractivity contribution >= 4 is 21.8 Å². The van der Waals surface area contributed by atoms with E-state index in [9.17, 15) is 18.0 Å². The molecule has 0 unspecified atom stereocenters. The van der Waals surface area contributed by atoms with Crippen molar-refractivity contribution < 1.29 is 22.7 Å². The van der Waals surface area contributed by atoms with Gasteiger partial charge in [0.2, 0.25) is 10.0 Å². The van der Waals surface area contributed by atoms with Crippen LogP contribution in [-0.2, 0) is 32.4 Å². The van der Waals surface area contributed by atoms with Crippen molar-refractivity contribution in [2.45, 2.75) is 44.4 Å². The summed E-state index contributed by atoms with van der Waals surface area (Å²) in [6.45, 7) is 2.53. The van der Waals surface area contributed by atoms with Gasteiger partial charge in [-0.05, 0) is 73.9 Å². The maximum atomic E-state index is 12.4. The summed E-state index contributed by atoms with van der Waals surface area (Å²) in [5, 5.41) is 0. The number of fused-ring (bicyclic) bond motifs is 1. The summed E-state index contributed by atoms with van der Waals surface area (Å²) < 4.78 is 32.0. The van der Waals surface area contributed by atoms with Gasteiger partial charge in [0.05, 0.1) is 4.90 Å². The summed E-state index contributed by atoms with van der Waals surface area (Å²) >= 11 is 0. The number of sulfonamides is 1. The first-order chi connectivity index (χ1) is 13.8. The number of aryl methyl sites for hydroxylation is 4. The van der Waals surface area contributed by atoms with E-state index in [4.69, 9.17) is 4.74 Å². The molecule has 0 saturated carbocycles. The molecule has 0 atom stereocenters. The van der Waals surface area contributed by atoms with Gasteiger partial charge in [0, 0.05) is 5.56 Å². The SMILES string of the molecule is Cc1ccc(C)c(S(=O)(=O)NCC(=O)OCC(=O)c2ccc3c(c2)CCCC3)c1. The summed E-state index contributed by atoms with van der Waals surface area (Å²) in [6, 6.07) is 10.6. The van der Waals surface area contributed by atoms with Gasteiger partial charge in [0.25, 0.3) is 0 Å². The number of Topliss-reactive ketones (excluding diaryl/α,β-unsaturated/α-hetero) is 1. The normalized spacial score (nSPS) is 13.6. The molecule has 0 aliphatic heterocycles. The third-order valence-corrected chi connectivity index (χ3v) is 6.62. The minimum atomic E-state index is -3.85. The molecule has 6 nitrogen and oxygen atoms in total. The number of ether oxygens (including phenoxy) is 1. The molecule has 7 heteroatoms. The number of carbonyl (C=O) groups is 2. The Morgan fingerprint density at radius 1 is 1.00 bits per heavy atom. The van der Waals surface area contributed by atoms with E-state index >= 15 is 0 Å². The van der Waals surface area contributed by atoms with Crippen molar-refractivity contribution in [1.82, 2.24) is 4.72 Å². The maximum Gasteiger partial charge on any atom is 0.321 e. The highest BCUT2D eigenvalue weighted by atomic mass is 32.2. The van der Waals surface area contributed by atoms with Crippen molar-refractivity contribution in [2.24, 2.45) is 0 Å². The Bertz CT molecular complexity index is 1040. The molecule has 0 saturated heterocycles. The Morgan fingerprint density at radius 2 is 1.72 bits per heavy atom. The lowest BCUT2D eigenvalue weighted by molar-refractivity contribution is -0.141. The molecule has 0 bridgehead atoms. The van der Waals surface area contributed by atoms with Gasteiger partial charge in [-0.15, -0.1) is 0 Å². The fourth-order valence-corrected chi connectivity index (χ4v) is 4.71. The smallest absolute Gasteiger partial charge is 0.321 e. The van der Waals surface area contributed by atoms with Crippen LogP contribution in [0.15, 0.2) is 41.3 Å². The highest BCUT2D eigenvalue weighted by Crippen LogP contribution is 2.22. The largest absolute Gasteiger partial charge is 0.456 e. The molecular weight excluding hydrogens is 390 g/mol. The van der Waals surface area contributed by atoms with Gasteiger partial charge >= 0.3 is 5.97 Å². The van der Waals surface area contributed by atoms with Crippen LogP contribution in [0.3, 0.4) is 0 Å². The molecule has 1 aliphatic carbocycles. The van der Waals surface area contributed by atoms with Gasteiger partial charge in [-0.3, -0.25) is 9.59 Å². The van der Waals surface area contributed by atoms with Crippen molar-refractivity contribution in [3.63, 3.8) is 0 Å². The van der Waals surface area contributed by atoms with Crippen LogP contribution in [0.5, 0.6) is 0 Å². The lowest BCUT2D eigenvalue weighted by atomic mass is 9.90. The van der Waals surface area contributed by atoms with E-state index in [1.165, 1.54) is 11.1 Å². The van der Waals surface area contributed by atoms with Gasteiger partial charge in [0.15, 0.2) is 12.4 Å². The molecule has 3 rings (SSSR count). The monoisotopic (exact) mass is 415 g/mol. The number of rotatable bonds is 7. The van der Waals surface area contributed by atoms with Crippen molar-refractivity contribution in [3.8, 4) is 0 Å². The second kappa shape index (κ2) is 8.88. The number of benzene rings is 2. The number of ketones is 1. The predicted octanol–water partition coefficient (Wildman–Crippen LogP) is 2.89. The average molecular weight is 416 g/mol. The zero-order valence-electron chi connectivity index (χ0n) is 16.7. The standard InChI is InChI=1S/C22H25NO5S/c1-15-7-8-16(2)21(11-15)29(26,27)23-13-22(25)28-14-20(24)19-10-9-17-5-3-4-6-18(17)12-19/h7-12,23H,3-6,13-14H2,1-2H3. The Kier molecular flexibility index (Phi) is 6.49. The maximum absolute atomic E-state index is 12.4. The highest BCUT2D eigenvalue weighted by molar-refractivity contribution is 7.89. The Labute approximate surface area is 171 Å². The van der Waals surface area contributed by atoms with Crippen LogP contribution in [0.4, 0.5) is 0 Å². The fraction of sp³-hybridized carbons (Fsp3) is 0.364. The molecule has 2 aromatic carbocycles. The molecule has 1 aliphatic rings. The van der Waals surface area contributed by atoms with Crippen LogP contribution in [0.2, 0.25) is 0 Å². The second-order valence-corrected chi connectivity index (χ2v) is 9.10. The van der Waals surface area contributed by atoms with Crippen LogP contribution < -0.4 is 4.72 Å². The summed E-state index contributed by atoms with van der Waals surface area (Å²) in [5.41, 5.74) is 4.34. The summed E-state index contributed by atoms with van der Waals surface area (Å²) in [4.78, 5) is 24.4. The Morgan fingerprint density at radius 3 is 2.48 bits per heavy atom. The minimum Gasteiger partial charge on any atom is -0.456 e. The molecule has 1 N–H and O–H groups in total. The molecule has 0 fully saturated rings. The van der Waals surface area contributed by atoms with Crippen LogP contribution in [-0.4, -0.2) is 33.3 Å². The van der Waals surface area contributed by atoms with Crippen LogP contribution >= 0.6 is 0 Å². The molecular formula is C22H25NO5S. The predicted molar refractivity (Wildman–Crippen MR) is 109 cm³/mol. The third kappa shape index (κ3) is 5.31. The van der Waals surface area contributed by atoms with Crippen molar-refractivity contribution in [3.05, 3.63) is 64.2 Å². The quantitative estimate of drug-likeness (QED) is 0.555. The van der Waals surface area contributed by atoms with Gasteiger partial charge in [0.1, 0.15) is 6.54 Å². The van der Waals surface area contributed by atoms with Crippen LogP contribution in [0.25, 0.3) is 0 Å². The Hall–Kier alpha value is -2.51. The molecule has 0 aromatic heterocycles. The molecule has 154 valence electrons. The van der Waals surface area contributed by atoms with E-state index in [-0.39, 0.29) is 10.7 Å². The van der Waals surface area contributed by atoms with E-state index in [1.807, 2.05) is 18.2 Å². The number of nitrogens with one attached hydrogen (secondary N) is 1. The van der Waals surface area contributed by atoms with Gasteiger partial charge in [-0.1, -0.05) is 24.3 Å². The first kappa shape index (κ1) is 21.2. The lowest BCUT2D eigenvalue weighted by Gasteiger charge is -2.16. The van der Waals surface area contributed by atoms with Crippen LogP contribution in [0, 0.1) is 13.8 Å². The lowest BCUT2D eigenvalue weighted by Crippen LogP contribution is -2.32. The second-order valence-electron chi connectivity index (χ2n) is 7.37. The average Bonchev–Trinajstić information content (AvgIpc) is 2.71. The summed E-state index contributed by atoms with van der Waals surface area (Å²) in [5.74, 6) is -1.10. The zero-order valence-corrected chi connectivity index (χ0v) is 17.5. The van der Waals surface area contributed by atoms with Gasteiger partial charge < -0.3 is 4.74 Å². The minimum absolute atomic E-state index is 0.121. The number of hydrogen-bond donors (Lipinski definition) is 1. The van der Waals surface area contributed by atoms with Crippen LogP contribution in [0.1, 0.15) is 45.5 Å². The van der Waals surface area contributed by atoms with Gasteiger partial charge in [-0.25, -0.2) is 8.42 Å². The van der Waals surface area contributed by atoms with E-state index in [0.29, 0.717) is 11.1 Å². The first-order valence-corrected chi connectivity index (χ1v) is 11.1. The number of carbonyl (C=O) groups excluding carboxylic acids is 2. The molecule has 29 heavy (non-hydrogen) atoms. The molecule has 0 amide bonds. The summed E-state index contributed by atoms with van der Waals surface area (Å²) in [6.07, 6.45) is 4.26. The van der Waals surface area contributed by atoms with E-state index in [1.54, 1.807) is 32.0 Å². The molecule has 2 aromatic rings. The fourth-order valence-electron chi connectivity index (χ4n) is 3.42. The number of hydrogen-bond acceptors (Lipinski definition) is 5. The van der Waals surface area contributed by atoms with E-state index < -0.39 is 29.1 Å². The number of esters is 1. The summed E-state index contributed by atoms with van der Waals surface area (Å²) in [7, 11) is -3.85. The Balaban J connectivity index is 1.54. The zero-order chi connectivity index (χ0) is 21.0. The molecule has 0 heterocycles.